The number of ether oxygens (including phenoxy) is 1. The molecule has 2 nitrogen and oxygen atoms in total. The Morgan fingerprint density at radius 1 is 1.13 bits per heavy atom. The quantitative estimate of drug-likeness (QED) is 0.709. The fourth-order valence-electron chi connectivity index (χ4n) is 2.69. The molecular formula is C13H27NO. The standard InChI is InChI=1S/C13H27NO/c1-11(10-15-3)14-12(2)13-8-6-4-5-7-9-13/h11-14H,4-10H2,1-3H3/t11?,12-/m0/s1. The molecule has 0 bridgehead atoms. The van der Waals surface area contributed by atoms with Crippen LogP contribution >= 0.6 is 0 Å². The van der Waals surface area contributed by atoms with Crippen molar-refractivity contribution >= 4 is 0 Å². The normalized spacial score (nSPS) is 23.4. The minimum absolute atomic E-state index is 0.480. The molecule has 0 aromatic heterocycles. The maximum absolute atomic E-state index is 5.15. The van der Waals surface area contributed by atoms with Gasteiger partial charge >= 0.3 is 0 Å². The van der Waals surface area contributed by atoms with E-state index in [4.69, 9.17) is 4.74 Å². The van der Waals surface area contributed by atoms with Crippen LogP contribution in [-0.2, 0) is 4.74 Å². The molecule has 90 valence electrons. The molecule has 2 heteroatoms. The highest BCUT2D eigenvalue weighted by molar-refractivity contribution is 4.77. The van der Waals surface area contributed by atoms with Crippen molar-refractivity contribution in [1.82, 2.24) is 5.32 Å². The van der Waals surface area contributed by atoms with Gasteiger partial charge in [-0.25, -0.2) is 0 Å². The lowest BCUT2D eigenvalue weighted by Gasteiger charge is -2.26. The summed E-state index contributed by atoms with van der Waals surface area (Å²) in [6.07, 6.45) is 8.56. The van der Waals surface area contributed by atoms with E-state index in [0.29, 0.717) is 12.1 Å². The highest BCUT2D eigenvalue weighted by Gasteiger charge is 2.19. The summed E-state index contributed by atoms with van der Waals surface area (Å²) in [6, 6.07) is 1.13. The average Bonchev–Trinajstić information content (AvgIpc) is 2.45. The third-order valence-corrected chi connectivity index (χ3v) is 3.57. The van der Waals surface area contributed by atoms with Crippen molar-refractivity contribution < 1.29 is 4.74 Å². The van der Waals surface area contributed by atoms with Gasteiger partial charge in [-0.1, -0.05) is 25.7 Å². The van der Waals surface area contributed by atoms with Crippen LogP contribution < -0.4 is 5.32 Å². The van der Waals surface area contributed by atoms with Gasteiger partial charge in [0.1, 0.15) is 0 Å². The van der Waals surface area contributed by atoms with Crippen molar-refractivity contribution in [2.24, 2.45) is 5.92 Å². The molecule has 2 atom stereocenters. The molecule has 0 amide bonds. The first kappa shape index (κ1) is 13.0. The molecule has 0 saturated heterocycles. The van der Waals surface area contributed by atoms with Crippen LogP contribution in [0.1, 0.15) is 52.4 Å². The summed E-state index contributed by atoms with van der Waals surface area (Å²) in [5.41, 5.74) is 0. The molecule has 1 N–H and O–H groups in total. The molecule has 0 heterocycles. The molecule has 1 aliphatic carbocycles. The second-order valence-corrected chi connectivity index (χ2v) is 5.06. The number of rotatable bonds is 5. The topological polar surface area (TPSA) is 21.3 Å². The Labute approximate surface area is 94.8 Å². The van der Waals surface area contributed by atoms with E-state index in [1.807, 2.05) is 0 Å². The van der Waals surface area contributed by atoms with Gasteiger partial charge in [-0.3, -0.25) is 0 Å². The maximum atomic E-state index is 5.15. The minimum atomic E-state index is 0.480. The first-order valence-corrected chi connectivity index (χ1v) is 6.49. The summed E-state index contributed by atoms with van der Waals surface area (Å²) in [5, 5.41) is 3.65. The summed E-state index contributed by atoms with van der Waals surface area (Å²) in [6.45, 7) is 5.36. The van der Waals surface area contributed by atoms with Crippen molar-refractivity contribution in [3.8, 4) is 0 Å². The summed E-state index contributed by atoms with van der Waals surface area (Å²) >= 11 is 0. The van der Waals surface area contributed by atoms with Gasteiger partial charge in [-0.05, 0) is 32.6 Å². The lowest BCUT2D eigenvalue weighted by atomic mass is 9.92. The van der Waals surface area contributed by atoms with Crippen LogP contribution in [0.4, 0.5) is 0 Å². The fraction of sp³-hybridized carbons (Fsp3) is 1.00. The zero-order chi connectivity index (χ0) is 11.1. The van der Waals surface area contributed by atoms with Crippen LogP contribution in [0.2, 0.25) is 0 Å². The Balaban J connectivity index is 2.27. The van der Waals surface area contributed by atoms with Crippen LogP contribution in [0, 0.1) is 5.92 Å². The van der Waals surface area contributed by atoms with E-state index in [-0.39, 0.29) is 0 Å². The minimum Gasteiger partial charge on any atom is -0.383 e. The van der Waals surface area contributed by atoms with Crippen LogP contribution in [0.3, 0.4) is 0 Å². The Hall–Kier alpha value is -0.0800. The molecule has 1 saturated carbocycles. The summed E-state index contributed by atoms with van der Waals surface area (Å²) < 4.78 is 5.15. The molecule has 0 aliphatic heterocycles. The lowest BCUT2D eigenvalue weighted by molar-refractivity contribution is 0.160. The molecular weight excluding hydrogens is 186 g/mol. The second kappa shape index (κ2) is 7.24. The predicted molar refractivity (Wildman–Crippen MR) is 65.1 cm³/mol. The van der Waals surface area contributed by atoms with Gasteiger partial charge in [0.05, 0.1) is 6.61 Å². The van der Waals surface area contributed by atoms with E-state index in [1.54, 1.807) is 7.11 Å². The Morgan fingerprint density at radius 3 is 2.27 bits per heavy atom. The van der Waals surface area contributed by atoms with Gasteiger partial charge in [0.15, 0.2) is 0 Å². The van der Waals surface area contributed by atoms with Crippen molar-refractivity contribution in [2.75, 3.05) is 13.7 Å². The SMILES string of the molecule is COCC(C)N[C@@H](C)C1CCCCCC1. The highest BCUT2D eigenvalue weighted by Crippen LogP contribution is 2.25. The van der Waals surface area contributed by atoms with Crippen LogP contribution in [-0.4, -0.2) is 25.8 Å². The van der Waals surface area contributed by atoms with Crippen LogP contribution in [0.5, 0.6) is 0 Å². The zero-order valence-corrected chi connectivity index (χ0v) is 10.6. The van der Waals surface area contributed by atoms with Crippen LogP contribution in [0.15, 0.2) is 0 Å². The first-order valence-electron chi connectivity index (χ1n) is 6.49. The van der Waals surface area contributed by atoms with E-state index < -0.39 is 0 Å². The summed E-state index contributed by atoms with van der Waals surface area (Å²) in [7, 11) is 1.77. The lowest BCUT2D eigenvalue weighted by Crippen LogP contribution is -2.41. The Morgan fingerprint density at radius 2 is 1.73 bits per heavy atom. The van der Waals surface area contributed by atoms with Gasteiger partial charge in [-0.15, -0.1) is 0 Å². The number of hydrogen-bond acceptors (Lipinski definition) is 2. The van der Waals surface area contributed by atoms with Gasteiger partial charge in [0, 0.05) is 19.2 Å². The third-order valence-electron chi connectivity index (χ3n) is 3.57. The van der Waals surface area contributed by atoms with Gasteiger partial charge in [-0.2, -0.15) is 0 Å². The first-order chi connectivity index (χ1) is 7.24. The second-order valence-electron chi connectivity index (χ2n) is 5.06. The molecule has 1 unspecified atom stereocenters. The molecule has 0 aromatic carbocycles. The third kappa shape index (κ3) is 4.98. The highest BCUT2D eigenvalue weighted by atomic mass is 16.5. The van der Waals surface area contributed by atoms with E-state index in [2.05, 4.69) is 19.2 Å². The van der Waals surface area contributed by atoms with E-state index in [1.165, 1.54) is 38.5 Å². The molecule has 1 fully saturated rings. The molecule has 1 rings (SSSR count). The molecule has 1 aliphatic rings. The summed E-state index contributed by atoms with van der Waals surface area (Å²) in [5.74, 6) is 0.881. The van der Waals surface area contributed by atoms with Crippen molar-refractivity contribution in [3.63, 3.8) is 0 Å². The zero-order valence-electron chi connectivity index (χ0n) is 10.6. The molecule has 0 spiro atoms. The Kier molecular flexibility index (Phi) is 6.26. The van der Waals surface area contributed by atoms with E-state index in [9.17, 15) is 0 Å². The average molecular weight is 213 g/mol. The molecule has 0 aromatic rings. The fourth-order valence-corrected chi connectivity index (χ4v) is 2.69. The molecule has 15 heavy (non-hydrogen) atoms. The van der Waals surface area contributed by atoms with E-state index >= 15 is 0 Å². The van der Waals surface area contributed by atoms with Crippen molar-refractivity contribution in [2.45, 2.75) is 64.5 Å². The number of methoxy groups -OCH3 is 1. The number of nitrogens with one attached hydrogen (secondary N) is 1. The van der Waals surface area contributed by atoms with Crippen molar-refractivity contribution in [1.29, 1.82) is 0 Å². The monoisotopic (exact) mass is 213 g/mol. The predicted octanol–water partition coefficient (Wildman–Crippen LogP) is 2.97. The van der Waals surface area contributed by atoms with Crippen molar-refractivity contribution in [3.05, 3.63) is 0 Å². The van der Waals surface area contributed by atoms with Gasteiger partial charge in [0.2, 0.25) is 0 Å². The smallest absolute Gasteiger partial charge is 0.0613 e. The maximum Gasteiger partial charge on any atom is 0.0613 e. The van der Waals surface area contributed by atoms with Crippen LogP contribution in [0.25, 0.3) is 0 Å². The van der Waals surface area contributed by atoms with E-state index in [0.717, 1.165) is 12.5 Å². The van der Waals surface area contributed by atoms with Gasteiger partial charge in [0.25, 0.3) is 0 Å². The summed E-state index contributed by atoms with van der Waals surface area (Å²) in [4.78, 5) is 0. The van der Waals surface area contributed by atoms with Gasteiger partial charge < -0.3 is 10.1 Å². The number of hydrogen-bond donors (Lipinski definition) is 1. The molecule has 0 radical (unpaired) electrons. The largest absolute Gasteiger partial charge is 0.383 e. The Bertz CT molecular complexity index is 153.